The molecule has 3 N–H and O–H groups in total. The van der Waals surface area contributed by atoms with Crippen molar-refractivity contribution in [1.29, 1.82) is 0 Å². The molecule has 0 bridgehead atoms. The maximum Gasteiger partial charge on any atom is 0.108 e. The Morgan fingerprint density at radius 1 is 1.31 bits per heavy atom. The highest BCUT2D eigenvalue weighted by atomic mass is 16.3. The van der Waals surface area contributed by atoms with E-state index in [1.54, 1.807) is 12.5 Å². The molecule has 0 spiro atoms. The average Bonchev–Trinajstić information content (AvgIpc) is 2.96. The van der Waals surface area contributed by atoms with Crippen LogP contribution in [-0.2, 0) is 12.8 Å². The maximum absolute atomic E-state index is 5.57. The third kappa shape index (κ3) is 2.18. The van der Waals surface area contributed by atoms with E-state index in [1.165, 1.54) is 0 Å². The van der Waals surface area contributed by atoms with Gasteiger partial charge in [0, 0.05) is 18.4 Å². The smallest absolute Gasteiger partial charge is 0.108 e. The van der Waals surface area contributed by atoms with E-state index in [1.807, 2.05) is 18.2 Å². The van der Waals surface area contributed by atoms with E-state index < -0.39 is 0 Å². The molecule has 0 saturated heterocycles. The summed E-state index contributed by atoms with van der Waals surface area (Å²) in [6.45, 7) is 2.06. The van der Waals surface area contributed by atoms with Crippen LogP contribution in [0.15, 0.2) is 39.6 Å². The lowest BCUT2D eigenvalue weighted by molar-refractivity contribution is 0.443. The zero-order chi connectivity index (χ0) is 11.4. The summed E-state index contributed by atoms with van der Waals surface area (Å²) in [7, 11) is 0. The highest BCUT2D eigenvalue weighted by molar-refractivity contribution is 5.23. The molecule has 4 heteroatoms. The summed E-state index contributed by atoms with van der Waals surface area (Å²) in [6.07, 6.45) is 4.94. The molecule has 2 heterocycles. The number of aryl methyl sites for hydroxylation is 1. The van der Waals surface area contributed by atoms with Crippen LogP contribution in [-0.4, -0.2) is 0 Å². The van der Waals surface area contributed by atoms with Gasteiger partial charge in [0.1, 0.15) is 11.5 Å². The fraction of sp³-hybridized carbons (Fsp3) is 0.333. The van der Waals surface area contributed by atoms with Crippen molar-refractivity contribution in [2.24, 2.45) is 5.84 Å². The van der Waals surface area contributed by atoms with Crippen LogP contribution in [0.3, 0.4) is 0 Å². The predicted octanol–water partition coefficient (Wildman–Crippen LogP) is 2.18. The van der Waals surface area contributed by atoms with Crippen LogP contribution >= 0.6 is 0 Å². The molecule has 0 aliphatic carbocycles. The molecule has 0 amide bonds. The van der Waals surface area contributed by atoms with Crippen LogP contribution in [0.1, 0.15) is 30.0 Å². The monoisotopic (exact) mass is 220 g/mol. The second-order valence-electron chi connectivity index (χ2n) is 3.66. The Labute approximate surface area is 94.4 Å². The van der Waals surface area contributed by atoms with Gasteiger partial charge in [-0.2, -0.15) is 0 Å². The third-order valence-electron chi connectivity index (χ3n) is 2.66. The summed E-state index contributed by atoms with van der Waals surface area (Å²) in [5, 5.41) is 0. The lowest BCUT2D eigenvalue weighted by atomic mass is 10.0. The summed E-state index contributed by atoms with van der Waals surface area (Å²) in [6, 6.07) is 5.79. The van der Waals surface area contributed by atoms with Crippen molar-refractivity contribution in [3.63, 3.8) is 0 Å². The van der Waals surface area contributed by atoms with Gasteiger partial charge in [0.2, 0.25) is 0 Å². The van der Waals surface area contributed by atoms with Crippen LogP contribution in [0, 0.1) is 0 Å². The number of rotatable bonds is 5. The van der Waals surface area contributed by atoms with E-state index in [0.29, 0.717) is 0 Å². The highest BCUT2D eigenvalue weighted by Crippen LogP contribution is 2.23. The summed E-state index contributed by atoms with van der Waals surface area (Å²) >= 11 is 0. The predicted molar refractivity (Wildman–Crippen MR) is 60.6 cm³/mol. The number of nitrogens with two attached hydrogens (primary N) is 1. The lowest BCUT2D eigenvalue weighted by Gasteiger charge is -2.14. The fourth-order valence-electron chi connectivity index (χ4n) is 1.84. The van der Waals surface area contributed by atoms with Crippen molar-refractivity contribution in [2.45, 2.75) is 25.8 Å². The molecular weight excluding hydrogens is 204 g/mol. The highest BCUT2D eigenvalue weighted by Gasteiger charge is 2.17. The Kier molecular flexibility index (Phi) is 3.44. The molecule has 0 saturated carbocycles. The van der Waals surface area contributed by atoms with Crippen LogP contribution in [0.25, 0.3) is 0 Å². The molecule has 0 aliphatic rings. The van der Waals surface area contributed by atoms with Crippen molar-refractivity contribution < 1.29 is 8.83 Å². The molecule has 1 atom stereocenters. The first-order valence-electron chi connectivity index (χ1n) is 5.40. The molecule has 2 rings (SSSR count). The van der Waals surface area contributed by atoms with Crippen molar-refractivity contribution >= 4 is 0 Å². The Morgan fingerprint density at radius 3 is 2.81 bits per heavy atom. The van der Waals surface area contributed by atoms with Crippen LogP contribution < -0.4 is 11.3 Å². The molecule has 4 nitrogen and oxygen atoms in total. The second-order valence-corrected chi connectivity index (χ2v) is 3.66. The van der Waals surface area contributed by atoms with Gasteiger partial charge in [-0.15, -0.1) is 0 Å². The van der Waals surface area contributed by atoms with E-state index in [0.717, 1.165) is 29.9 Å². The molecule has 0 aliphatic heterocycles. The standard InChI is InChI=1S/C12H16N2O2/c1-2-12-10(5-7-16-12)11(14-13)8-9-4-3-6-15-9/h3-7,11,14H,2,8,13H2,1H3. The van der Waals surface area contributed by atoms with E-state index in [-0.39, 0.29) is 6.04 Å². The first kappa shape index (κ1) is 11.0. The van der Waals surface area contributed by atoms with Gasteiger partial charge >= 0.3 is 0 Å². The normalized spacial score (nSPS) is 12.9. The van der Waals surface area contributed by atoms with Crippen LogP contribution in [0.4, 0.5) is 0 Å². The van der Waals surface area contributed by atoms with Crippen LogP contribution in [0.5, 0.6) is 0 Å². The molecule has 0 aromatic carbocycles. The van der Waals surface area contributed by atoms with Gasteiger partial charge in [-0.05, 0) is 18.2 Å². The van der Waals surface area contributed by atoms with Crippen LogP contribution in [0.2, 0.25) is 0 Å². The van der Waals surface area contributed by atoms with E-state index in [9.17, 15) is 0 Å². The summed E-state index contributed by atoms with van der Waals surface area (Å²) in [4.78, 5) is 0. The van der Waals surface area contributed by atoms with Gasteiger partial charge in [0.05, 0.1) is 18.6 Å². The number of hydrogen-bond donors (Lipinski definition) is 2. The number of furan rings is 2. The average molecular weight is 220 g/mol. The quantitative estimate of drug-likeness (QED) is 0.598. The van der Waals surface area contributed by atoms with Gasteiger partial charge in [-0.1, -0.05) is 6.92 Å². The Bertz CT molecular complexity index is 420. The first-order chi connectivity index (χ1) is 7.85. The second kappa shape index (κ2) is 5.01. The number of hydrazine groups is 1. The zero-order valence-corrected chi connectivity index (χ0v) is 9.27. The number of nitrogens with one attached hydrogen (secondary N) is 1. The van der Waals surface area contributed by atoms with E-state index in [4.69, 9.17) is 14.7 Å². The molecule has 0 fully saturated rings. The molecule has 1 unspecified atom stereocenters. The van der Waals surface area contributed by atoms with Gasteiger partial charge in [-0.25, -0.2) is 0 Å². The maximum atomic E-state index is 5.57. The lowest BCUT2D eigenvalue weighted by Crippen LogP contribution is -2.29. The van der Waals surface area contributed by atoms with Crippen molar-refractivity contribution in [2.75, 3.05) is 0 Å². The van der Waals surface area contributed by atoms with Gasteiger partial charge < -0.3 is 8.83 Å². The van der Waals surface area contributed by atoms with Gasteiger partial charge in [0.15, 0.2) is 0 Å². The minimum absolute atomic E-state index is 0.0276. The summed E-state index contributed by atoms with van der Waals surface area (Å²) < 4.78 is 10.7. The van der Waals surface area contributed by atoms with Crippen molar-refractivity contribution in [3.8, 4) is 0 Å². The molecule has 2 aromatic rings. The third-order valence-corrected chi connectivity index (χ3v) is 2.66. The molecule has 2 aromatic heterocycles. The van der Waals surface area contributed by atoms with Crippen molar-refractivity contribution in [3.05, 3.63) is 47.8 Å². The molecule has 0 radical (unpaired) electrons. The molecular formula is C12H16N2O2. The SMILES string of the molecule is CCc1occc1C(Cc1ccco1)NN. The fourth-order valence-corrected chi connectivity index (χ4v) is 1.84. The summed E-state index contributed by atoms with van der Waals surface area (Å²) in [5.41, 5.74) is 3.90. The first-order valence-corrected chi connectivity index (χ1v) is 5.40. The van der Waals surface area contributed by atoms with Gasteiger partial charge in [-0.3, -0.25) is 11.3 Å². The Morgan fingerprint density at radius 2 is 2.19 bits per heavy atom. The van der Waals surface area contributed by atoms with E-state index in [2.05, 4.69) is 12.3 Å². The Balaban J connectivity index is 2.16. The zero-order valence-electron chi connectivity index (χ0n) is 9.27. The van der Waals surface area contributed by atoms with E-state index >= 15 is 0 Å². The Hall–Kier alpha value is -1.52. The molecule has 16 heavy (non-hydrogen) atoms. The summed E-state index contributed by atoms with van der Waals surface area (Å²) in [5.74, 6) is 7.45. The molecule has 86 valence electrons. The minimum atomic E-state index is 0.0276. The topological polar surface area (TPSA) is 64.3 Å². The van der Waals surface area contributed by atoms with Gasteiger partial charge in [0.25, 0.3) is 0 Å². The number of hydrogen-bond acceptors (Lipinski definition) is 4. The van der Waals surface area contributed by atoms with Crippen molar-refractivity contribution in [1.82, 2.24) is 5.43 Å². The minimum Gasteiger partial charge on any atom is -0.469 e. The largest absolute Gasteiger partial charge is 0.469 e.